The Balaban J connectivity index is 2.50. The summed E-state index contributed by atoms with van der Waals surface area (Å²) in [6, 6.07) is 1.77. The Labute approximate surface area is 103 Å². The van der Waals surface area contributed by atoms with E-state index in [2.05, 4.69) is 26.2 Å². The average molecular weight is 306 g/mol. The Morgan fingerprint density at radius 3 is 2.88 bits per heavy atom. The SMILES string of the molecule is CNc1ncc(Br)cc1N1CCCS1(=O)=O. The summed E-state index contributed by atoms with van der Waals surface area (Å²) in [6.07, 6.45) is 2.30. The van der Waals surface area contributed by atoms with Gasteiger partial charge in [-0.3, -0.25) is 4.31 Å². The minimum absolute atomic E-state index is 0.211. The predicted molar refractivity (Wildman–Crippen MR) is 67.2 cm³/mol. The van der Waals surface area contributed by atoms with Gasteiger partial charge in [0.1, 0.15) is 5.82 Å². The molecule has 2 heterocycles. The highest BCUT2D eigenvalue weighted by molar-refractivity contribution is 9.10. The summed E-state index contributed by atoms with van der Waals surface area (Å²) in [6.45, 7) is 0.523. The van der Waals surface area contributed by atoms with E-state index in [-0.39, 0.29) is 5.75 Å². The smallest absolute Gasteiger partial charge is 0.235 e. The van der Waals surface area contributed by atoms with Crippen LogP contribution in [0, 0.1) is 0 Å². The van der Waals surface area contributed by atoms with Gasteiger partial charge in [-0.1, -0.05) is 0 Å². The molecule has 1 N–H and O–H groups in total. The Morgan fingerprint density at radius 2 is 2.31 bits per heavy atom. The molecule has 7 heteroatoms. The summed E-state index contributed by atoms with van der Waals surface area (Å²) >= 11 is 3.30. The molecule has 1 aliphatic heterocycles. The van der Waals surface area contributed by atoms with Crippen LogP contribution in [0.15, 0.2) is 16.7 Å². The number of rotatable bonds is 2. The average Bonchev–Trinajstić information content (AvgIpc) is 2.58. The molecule has 0 unspecified atom stereocenters. The zero-order chi connectivity index (χ0) is 11.8. The fraction of sp³-hybridized carbons (Fsp3) is 0.444. The number of halogens is 1. The molecule has 0 bridgehead atoms. The van der Waals surface area contributed by atoms with Crippen LogP contribution < -0.4 is 9.62 Å². The molecule has 1 fully saturated rings. The second kappa shape index (κ2) is 4.21. The summed E-state index contributed by atoms with van der Waals surface area (Å²) in [5, 5.41) is 2.90. The van der Waals surface area contributed by atoms with Crippen molar-refractivity contribution < 1.29 is 8.42 Å². The molecule has 0 aromatic carbocycles. The quantitative estimate of drug-likeness (QED) is 0.898. The van der Waals surface area contributed by atoms with Crippen molar-refractivity contribution in [3.8, 4) is 0 Å². The molecular formula is C9H12BrN3O2S. The summed E-state index contributed by atoms with van der Waals surface area (Å²) in [5.41, 5.74) is 0.606. The summed E-state index contributed by atoms with van der Waals surface area (Å²) < 4.78 is 25.8. The highest BCUT2D eigenvalue weighted by atomic mass is 79.9. The zero-order valence-corrected chi connectivity index (χ0v) is 11.2. The first-order valence-corrected chi connectivity index (χ1v) is 7.28. The molecule has 1 saturated heterocycles. The third-order valence-electron chi connectivity index (χ3n) is 2.44. The molecule has 1 aromatic rings. The van der Waals surface area contributed by atoms with Crippen molar-refractivity contribution in [1.29, 1.82) is 0 Å². The van der Waals surface area contributed by atoms with Gasteiger partial charge in [-0.2, -0.15) is 0 Å². The monoisotopic (exact) mass is 305 g/mol. The number of hydrogen-bond donors (Lipinski definition) is 1. The number of hydrogen-bond acceptors (Lipinski definition) is 4. The molecule has 88 valence electrons. The minimum atomic E-state index is -3.16. The van der Waals surface area contributed by atoms with Crippen molar-refractivity contribution in [2.24, 2.45) is 0 Å². The lowest BCUT2D eigenvalue weighted by atomic mass is 10.3. The van der Waals surface area contributed by atoms with Crippen molar-refractivity contribution in [3.05, 3.63) is 16.7 Å². The normalized spacial score (nSPS) is 18.8. The summed E-state index contributed by atoms with van der Waals surface area (Å²) in [7, 11) is -1.43. The molecule has 0 radical (unpaired) electrons. The first-order chi connectivity index (χ1) is 7.54. The molecule has 5 nitrogen and oxygen atoms in total. The van der Waals surface area contributed by atoms with Crippen LogP contribution in [0.1, 0.15) is 6.42 Å². The molecule has 2 rings (SSSR count). The van der Waals surface area contributed by atoms with Gasteiger partial charge >= 0.3 is 0 Å². The van der Waals surface area contributed by atoms with Crippen LogP contribution in [0.25, 0.3) is 0 Å². The maximum Gasteiger partial charge on any atom is 0.235 e. The fourth-order valence-corrected chi connectivity index (χ4v) is 3.60. The van der Waals surface area contributed by atoms with E-state index in [0.29, 0.717) is 24.5 Å². The Morgan fingerprint density at radius 1 is 1.56 bits per heavy atom. The van der Waals surface area contributed by atoms with Gasteiger partial charge in [-0.05, 0) is 28.4 Å². The topological polar surface area (TPSA) is 62.3 Å². The Bertz CT molecular complexity index is 503. The second-order valence-corrected chi connectivity index (χ2v) is 6.44. The third kappa shape index (κ3) is 2.01. The summed E-state index contributed by atoms with van der Waals surface area (Å²) in [4.78, 5) is 4.14. The van der Waals surface area contributed by atoms with Crippen LogP contribution in [-0.4, -0.2) is 32.7 Å². The molecule has 1 aliphatic rings. The summed E-state index contributed by atoms with van der Waals surface area (Å²) in [5.74, 6) is 0.788. The van der Waals surface area contributed by atoms with Gasteiger partial charge in [-0.15, -0.1) is 0 Å². The second-order valence-electron chi connectivity index (χ2n) is 3.51. The van der Waals surface area contributed by atoms with Gasteiger partial charge in [0.25, 0.3) is 0 Å². The maximum atomic E-state index is 11.8. The van der Waals surface area contributed by atoms with E-state index < -0.39 is 10.0 Å². The van der Waals surface area contributed by atoms with E-state index in [4.69, 9.17) is 0 Å². The van der Waals surface area contributed by atoms with Crippen molar-refractivity contribution in [2.45, 2.75) is 6.42 Å². The number of anilines is 2. The van der Waals surface area contributed by atoms with Crippen molar-refractivity contribution in [2.75, 3.05) is 29.0 Å². The van der Waals surface area contributed by atoms with Crippen molar-refractivity contribution >= 4 is 37.5 Å². The molecule has 0 atom stereocenters. The number of nitrogens with one attached hydrogen (secondary N) is 1. The van der Waals surface area contributed by atoms with E-state index in [1.807, 2.05) is 0 Å². The lowest BCUT2D eigenvalue weighted by Gasteiger charge is -2.19. The highest BCUT2D eigenvalue weighted by Gasteiger charge is 2.30. The molecule has 16 heavy (non-hydrogen) atoms. The highest BCUT2D eigenvalue weighted by Crippen LogP contribution is 2.31. The Hall–Kier alpha value is -0.820. The molecular weight excluding hydrogens is 294 g/mol. The first-order valence-electron chi connectivity index (χ1n) is 4.88. The molecule has 0 saturated carbocycles. The number of pyridine rings is 1. The zero-order valence-electron chi connectivity index (χ0n) is 8.77. The minimum Gasteiger partial charge on any atom is -0.371 e. The van der Waals surface area contributed by atoms with Crippen LogP contribution in [0.3, 0.4) is 0 Å². The van der Waals surface area contributed by atoms with Gasteiger partial charge in [0.15, 0.2) is 0 Å². The first kappa shape index (κ1) is 11.7. The van der Waals surface area contributed by atoms with Crippen LogP contribution in [0.4, 0.5) is 11.5 Å². The predicted octanol–water partition coefficient (Wildman–Crippen LogP) is 1.43. The van der Waals surface area contributed by atoms with Crippen molar-refractivity contribution in [3.63, 3.8) is 0 Å². The van der Waals surface area contributed by atoms with Gasteiger partial charge in [0, 0.05) is 24.3 Å². The lowest BCUT2D eigenvalue weighted by Crippen LogP contribution is -2.26. The van der Waals surface area contributed by atoms with E-state index in [1.54, 1.807) is 19.3 Å². The fourth-order valence-electron chi connectivity index (χ4n) is 1.72. The molecule has 0 spiro atoms. The molecule has 0 aliphatic carbocycles. The van der Waals surface area contributed by atoms with Crippen molar-refractivity contribution in [1.82, 2.24) is 4.98 Å². The maximum absolute atomic E-state index is 11.8. The lowest BCUT2D eigenvalue weighted by molar-refractivity contribution is 0.599. The largest absolute Gasteiger partial charge is 0.371 e. The van der Waals surface area contributed by atoms with Gasteiger partial charge in [0.05, 0.1) is 11.4 Å². The van der Waals surface area contributed by atoms with E-state index in [1.165, 1.54) is 4.31 Å². The van der Waals surface area contributed by atoms with Gasteiger partial charge in [-0.25, -0.2) is 13.4 Å². The van der Waals surface area contributed by atoms with Gasteiger partial charge in [0.2, 0.25) is 10.0 Å². The van der Waals surface area contributed by atoms with Crippen LogP contribution in [0.2, 0.25) is 0 Å². The number of nitrogens with zero attached hydrogens (tertiary/aromatic N) is 2. The van der Waals surface area contributed by atoms with E-state index in [0.717, 1.165) is 4.47 Å². The van der Waals surface area contributed by atoms with Crippen LogP contribution in [0.5, 0.6) is 0 Å². The van der Waals surface area contributed by atoms with E-state index >= 15 is 0 Å². The Kier molecular flexibility index (Phi) is 3.07. The van der Waals surface area contributed by atoms with E-state index in [9.17, 15) is 8.42 Å². The third-order valence-corrected chi connectivity index (χ3v) is 4.73. The molecule has 1 aromatic heterocycles. The van der Waals surface area contributed by atoms with Crippen LogP contribution in [-0.2, 0) is 10.0 Å². The standard InChI is InChI=1S/C9H12BrN3O2S/c1-11-9-8(5-7(10)6-12-9)13-3-2-4-16(13,14)15/h5-6H,2-4H2,1H3,(H,11,12). The van der Waals surface area contributed by atoms with Gasteiger partial charge < -0.3 is 5.32 Å². The number of aromatic nitrogens is 1. The number of sulfonamides is 1. The van der Waals surface area contributed by atoms with Crippen LogP contribution >= 0.6 is 15.9 Å². The molecule has 0 amide bonds.